The van der Waals surface area contributed by atoms with Gasteiger partial charge in [0, 0.05) is 37.3 Å². The van der Waals surface area contributed by atoms with E-state index in [1.807, 2.05) is 31.2 Å². The molecule has 3 nitrogen and oxygen atoms in total. The third-order valence-corrected chi connectivity index (χ3v) is 2.60. The average Bonchev–Trinajstić information content (AvgIpc) is 2.32. The number of hydrogen-bond donors (Lipinski definition) is 3. The maximum absolute atomic E-state index is 9.61. The molecule has 0 saturated heterocycles. The monoisotopic (exact) mass is 293 g/mol. The van der Waals surface area contributed by atoms with E-state index in [0.29, 0.717) is 12.1 Å². The minimum absolute atomic E-state index is 0. The van der Waals surface area contributed by atoms with E-state index < -0.39 is 0 Å². The molecule has 0 aliphatic carbocycles. The molecule has 2 aromatic carbocycles. The van der Waals surface area contributed by atoms with Crippen molar-refractivity contribution in [3.63, 3.8) is 0 Å². The Labute approximate surface area is 119 Å². The number of nitrogens with one attached hydrogen (secondary N) is 1. The van der Waals surface area contributed by atoms with Crippen LogP contribution in [0.4, 0.5) is 5.69 Å². The molecule has 0 aliphatic heterocycles. The van der Waals surface area contributed by atoms with E-state index in [1.54, 1.807) is 6.07 Å². The van der Waals surface area contributed by atoms with Gasteiger partial charge in [0.05, 0.1) is 0 Å². The first-order chi connectivity index (χ1) is 8.15. The van der Waals surface area contributed by atoms with Crippen LogP contribution in [0.15, 0.2) is 42.5 Å². The van der Waals surface area contributed by atoms with E-state index in [0.717, 1.165) is 5.69 Å². The molecule has 0 radical (unpaired) electrons. The van der Waals surface area contributed by atoms with Crippen molar-refractivity contribution in [1.29, 1.82) is 0 Å². The van der Waals surface area contributed by atoms with Crippen LogP contribution in [0.2, 0.25) is 0 Å². The molecule has 3 N–H and O–H groups in total. The molecule has 0 aliphatic rings. The Morgan fingerprint density at radius 2 is 1.67 bits per heavy atom. The largest absolute Gasteiger partial charge is 0.508 e. The van der Waals surface area contributed by atoms with Gasteiger partial charge in [0.1, 0.15) is 11.5 Å². The molecule has 0 bridgehead atoms. The van der Waals surface area contributed by atoms with Gasteiger partial charge in [-0.25, -0.2) is 0 Å². The van der Waals surface area contributed by atoms with Crippen molar-refractivity contribution < 1.29 is 29.7 Å². The Bertz CT molecular complexity index is 512. The molecule has 0 aromatic heterocycles. The maximum atomic E-state index is 9.61. The summed E-state index contributed by atoms with van der Waals surface area (Å²) >= 11 is 0. The number of benzene rings is 2. The summed E-state index contributed by atoms with van der Waals surface area (Å²) < 4.78 is 0. The zero-order chi connectivity index (χ0) is 12.3. The van der Waals surface area contributed by atoms with Crippen molar-refractivity contribution in [3.05, 3.63) is 53.6 Å². The van der Waals surface area contributed by atoms with Crippen LogP contribution in [0.3, 0.4) is 0 Å². The van der Waals surface area contributed by atoms with Gasteiger partial charge in [-0.15, -0.1) is 0 Å². The van der Waals surface area contributed by atoms with E-state index in [4.69, 9.17) is 0 Å². The number of hydrogen-bond acceptors (Lipinski definition) is 3. The Kier molecular flexibility index (Phi) is 5.17. The first-order valence-corrected chi connectivity index (χ1v) is 5.46. The molecule has 90 valence electrons. The van der Waals surface area contributed by atoms with Gasteiger partial charge in [0.2, 0.25) is 0 Å². The number of phenolic OH excluding ortho intramolecular Hbond substituents is 2. The van der Waals surface area contributed by atoms with Gasteiger partial charge in [-0.1, -0.05) is 17.7 Å². The maximum Gasteiger partial charge on any atom is 0.120 e. The van der Waals surface area contributed by atoms with Crippen LogP contribution in [0, 0.1) is 6.92 Å². The van der Waals surface area contributed by atoms with Crippen molar-refractivity contribution in [2.24, 2.45) is 0 Å². The summed E-state index contributed by atoms with van der Waals surface area (Å²) in [6.45, 7) is 2.51. The first kappa shape index (κ1) is 14.5. The van der Waals surface area contributed by atoms with Gasteiger partial charge in [0.15, 0.2) is 0 Å². The van der Waals surface area contributed by atoms with E-state index in [2.05, 4.69) is 5.32 Å². The van der Waals surface area contributed by atoms with Crippen LogP contribution in [0.5, 0.6) is 11.5 Å². The minimum Gasteiger partial charge on any atom is -0.508 e. The fourth-order valence-corrected chi connectivity index (χ4v) is 1.58. The molecule has 4 heteroatoms. The number of aryl methyl sites for hydroxylation is 1. The first-order valence-electron chi connectivity index (χ1n) is 5.46. The number of anilines is 1. The van der Waals surface area contributed by atoms with Gasteiger partial charge in [0.25, 0.3) is 0 Å². The van der Waals surface area contributed by atoms with E-state index in [-0.39, 0.29) is 31.0 Å². The van der Waals surface area contributed by atoms with Crippen LogP contribution in [0.1, 0.15) is 11.1 Å². The van der Waals surface area contributed by atoms with Gasteiger partial charge in [-0.2, -0.15) is 0 Å². The average molecular weight is 295 g/mol. The fraction of sp³-hybridized carbons (Fsp3) is 0.143. The predicted octanol–water partition coefficient (Wildman–Crippen LogP) is 3.02. The zero-order valence-electron chi connectivity index (χ0n) is 10.4. The molecule has 0 unspecified atom stereocenters. The standard InChI is InChI=1S/C14H15NO2.Zn/c1-10-2-4-12(5-3-10)15-9-11-8-13(16)6-7-14(11)17;/h2-8,15-17H,9H2,1H3;. The summed E-state index contributed by atoms with van der Waals surface area (Å²) in [6.07, 6.45) is 0. The Morgan fingerprint density at radius 1 is 1.00 bits per heavy atom. The number of rotatable bonds is 3. The molecule has 2 aromatic rings. The number of phenols is 2. The van der Waals surface area contributed by atoms with Gasteiger partial charge in [-0.3, -0.25) is 0 Å². The molecule has 0 amide bonds. The van der Waals surface area contributed by atoms with Gasteiger partial charge in [-0.05, 0) is 37.3 Å². The van der Waals surface area contributed by atoms with Crippen LogP contribution in [-0.2, 0) is 26.0 Å². The molecular weight excluding hydrogens is 280 g/mol. The van der Waals surface area contributed by atoms with Crippen molar-refractivity contribution in [2.75, 3.05) is 5.32 Å². The molecule has 0 spiro atoms. The van der Waals surface area contributed by atoms with Gasteiger partial charge >= 0.3 is 0 Å². The third kappa shape index (κ3) is 3.74. The quantitative estimate of drug-likeness (QED) is 0.602. The molecule has 18 heavy (non-hydrogen) atoms. The predicted molar refractivity (Wildman–Crippen MR) is 68.3 cm³/mol. The normalized spacial score (nSPS) is 9.61. The van der Waals surface area contributed by atoms with E-state index >= 15 is 0 Å². The van der Waals surface area contributed by atoms with Crippen LogP contribution < -0.4 is 5.32 Å². The summed E-state index contributed by atoms with van der Waals surface area (Å²) in [6, 6.07) is 12.5. The number of aromatic hydroxyl groups is 2. The van der Waals surface area contributed by atoms with Crippen molar-refractivity contribution in [1.82, 2.24) is 0 Å². The molecule has 0 fully saturated rings. The van der Waals surface area contributed by atoms with Crippen molar-refractivity contribution >= 4 is 5.69 Å². The Hall–Kier alpha value is -1.54. The zero-order valence-corrected chi connectivity index (χ0v) is 13.3. The smallest absolute Gasteiger partial charge is 0.120 e. The summed E-state index contributed by atoms with van der Waals surface area (Å²) in [5.74, 6) is 0.339. The summed E-state index contributed by atoms with van der Waals surface area (Å²) in [5.41, 5.74) is 2.86. The Balaban J connectivity index is 0.00000162. The van der Waals surface area contributed by atoms with Crippen LogP contribution >= 0.6 is 0 Å². The van der Waals surface area contributed by atoms with Gasteiger partial charge < -0.3 is 15.5 Å². The van der Waals surface area contributed by atoms with Crippen LogP contribution in [-0.4, -0.2) is 10.2 Å². The molecular formula is C14H15NO2Zn. The third-order valence-electron chi connectivity index (χ3n) is 2.60. The van der Waals surface area contributed by atoms with Crippen molar-refractivity contribution in [3.8, 4) is 11.5 Å². The van der Waals surface area contributed by atoms with Crippen molar-refractivity contribution in [2.45, 2.75) is 13.5 Å². The second-order valence-corrected chi connectivity index (χ2v) is 4.03. The fourth-order valence-electron chi connectivity index (χ4n) is 1.58. The second-order valence-electron chi connectivity index (χ2n) is 4.03. The van der Waals surface area contributed by atoms with Crippen LogP contribution in [0.25, 0.3) is 0 Å². The summed E-state index contributed by atoms with van der Waals surface area (Å²) in [7, 11) is 0. The topological polar surface area (TPSA) is 52.5 Å². The molecule has 0 heterocycles. The Morgan fingerprint density at radius 3 is 2.33 bits per heavy atom. The molecule has 0 atom stereocenters. The minimum atomic E-state index is 0. The summed E-state index contributed by atoms with van der Waals surface area (Å²) in [4.78, 5) is 0. The SMILES string of the molecule is Cc1ccc(NCc2cc(O)ccc2O)cc1.[Zn]. The second kappa shape index (κ2) is 6.41. The molecule has 2 rings (SSSR count). The van der Waals surface area contributed by atoms with E-state index in [9.17, 15) is 10.2 Å². The summed E-state index contributed by atoms with van der Waals surface area (Å²) in [5, 5.41) is 22.1. The molecule has 0 saturated carbocycles. The van der Waals surface area contributed by atoms with E-state index in [1.165, 1.54) is 17.7 Å².